The van der Waals surface area contributed by atoms with E-state index in [1.54, 1.807) is 12.1 Å². The van der Waals surface area contributed by atoms with Crippen molar-refractivity contribution in [3.63, 3.8) is 0 Å². The van der Waals surface area contributed by atoms with Crippen LogP contribution in [0.1, 0.15) is 24.0 Å². The Hall–Kier alpha value is -0.890. The van der Waals surface area contributed by atoms with Gasteiger partial charge in [0.15, 0.2) is 0 Å². The molecule has 14 heavy (non-hydrogen) atoms. The summed E-state index contributed by atoms with van der Waals surface area (Å²) < 4.78 is 12.9. The minimum Gasteiger partial charge on any atom is -0.296 e. The van der Waals surface area contributed by atoms with Crippen molar-refractivity contribution in [1.29, 1.82) is 0 Å². The zero-order chi connectivity index (χ0) is 9.54. The van der Waals surface area contributed by atoms with Crippen molar-refractivity contribution in [3.05, 3.63) is 35.1 Å². The fraction of sp³-hybridized carbons (Fsp3) is 0.500. The van der Waals surface area contributed by atoms with Crippen LogP contribution in [-0.2, 0) is 13.0 Å². The van der Waals surface area contributed by atoms with Crippen molar-refractivity contribution in [2.75, 3.05) is 6.54 Å². The van der Waals surface area contributed by atoms with E-state index in [0.717, 1.165) is 25.6 Å². The molecule has 0 unspecified atom stereocenters. The highest BCUT2D eigenvalue weighted by Crippen LogP contribution is 2.31. The van der Waals surface area contributed by atoms with Crippen molar-refractivity contribution in [2.45, 2.75) is 31.8 Å². The van der Waals surface area contributed by atoms with Gasteiger partial charge in [-0.3, -0.25) is 4.90 Å². The topological polar surface area (TPSA) is 3.24 Å². The number of halogens is 1. The Balaban J connectivity index is 1.86. The Bertz CT molecular complexity index is 357. The van der Waals surface area contributed by atoms with E-state index < -0.39 is 0 Å². The first kappa shape index (κ1) is 8.42. The van der Waals surface area contributed by atoms with Gasteiger partial charge in [-0.05, 0) is 42.5 Å². The number of fused-ring (bicyclic) bond motifs is 1. The van der Waals surface area contributed by atoms with Crippen LogP contribution in [0.3, 0.4) is 0 Å². The van der Waals surface area contributed by atoms with Gasteiger partial charge in [-0.15, -0.1) is 0 Å². The molecule has 0 spiro atoms. The van der Waals surface area contributed by atoms with Crippen LogP contribution >= 0.6 is 0 Å². The van der Waals surface area contributed by atoms with E-state index in [2.05, 4.69) is 4.90 Å². The zero-order valence-corrected chi connectivity index (χ0v) is 8.17. The van der Waals surface area contributed by atoms with Crippen LogP contribution in [0, 0.1) is 5.82 Å². The Morgan fingerprint density at radius 3 is 2.86 bits per heavy atom. The minimum absolute atomic E-state index is 0.0939. The number of rotatable bonds is 1. The molecule has 0 amide bonds. The molecule has 1 saturated carbocycles. The lowest BCUT2D eigenvalue weighted by molar-refractivity contribution is 0.243. The van der Waals surface area contributed by atoms with Crippen LogP contribution in [0.5, 0.6) is 0 Å². The van der Waals surface area contributed by atoms with Gasteiger partial charge < -0.3 is 0 Å². The van der Waals surface area contributed by atoms with Crippen LogP contribution in [-0.4, -0.2) is 17.5 Å². The summed E-state index contributed by atoms with van der Waals surface area (Å²) in [5, 5.41) is 0. The molecule has 2 aliphatic rings. The Kier molecular flexibility index (Phi) is 1.84. The molecule has 0 atom stereocenters. The van der Waals surface area contributed by atoms with E-state index in [4.69, 9.17) is 0 Å². The van der Waals surface area contributed by atoms with Gasteiger partial charge in [-0.1, -0.05) is 6.07 Å². The van der Waals surface area contributed by atoms with E-state index in [1.165, 1.54) is 24.0 Å². The van der Waals surface area contributed by atoms with Gasteiger partial charge in [-0.2, -0.15) is 0 Å². The molecule has 1 aromatic rings. The maximum Gasteiger partial charge on any atom is 0.123 e. The quantitative estimate of drug-likeness (QED) is 0.658. The summed E-state index contributed by atoms with van der Waals surface area (Å²) in [7, 11) is 0. The van der Waals surface area contributed by atoms with Crippen molar-refractivity contribution >= 4 is 0 Å². The van der Waals surface area contributed by atoms with Gasteiger partial charge in [0.2, 0.25) is 0 Å². The van der Waals surface area contributed by atoms with E-state index >= 15 is 0 Å². The van der Waals surface area contributed by atoms with Gasteiger partial charge in [0, 0.05) is 19.1 Å². The monoisotopic (exact) mass is 191 g/mol. The number of benzene rings is 1. The van der Waals surface area contributed by atoms with Gasteiger partial charge in [-0.25, -0.2) is 4.39 Å². The average molecular weight is 191 g/mol. The maximum absolute atomic E-state index is 12.9. The van der Waals surface area contributed by atoms with Crippen LogP contribution in [0.15, 0.2) is 18.2 Å². The second kappa shape index (κ2) is 3.06. The molecule has 1 aromatic carbocycles. The fourth-order valence-electron chi connectivity index (χ4n) is 2.29. The summed E-state index contributed by atoms with van der Waals surface area (Å²) in [6.45, 7) is 2.14. The number of hydrogen-bond donors (Lipinski definition) is 0. The molecule has 0 radical (unpaired) electrons. The van der Waals surface area contributed by atoms with Crippen LogP contribution < -0.4 is 0 Å². The predicted octanol–water partition coefficient (Wildman–Crippen LogP) is 2.35. The third-order valence-corrected chi connectivity index (χ3v) is 3.27. The SMILES string of the molecule is Fc1ccc2c(c1)CCN(C1CC1)C2. The second-order valence-corrected chi connectivity index (χ2v) is 4.36. The molecule has 0 bridgehead atoms. The summed E-state index contributed by atoms with van der Waals surface area (Å²) >= 11 is 0. The van der Waals surface area contributed by atoms with Gasteiger partial charge in [0.05, 0.1) is 0 Å². The molecule has 1 nitrogen and oxygen atoms in total. The van der Waals surface area contributed by atoms with Crippen LogP contribution in [0.25, 0.3) is 0 Å². The zero-order valence-electron chi connectivity index (χ0n) is 8.17. The van der Waals surface area contributed by atoms with E-state index in [0.29, 0.717) is 0 Å². The number of hydrogen-bond acceptors (Lipinski definition) is 1. The summed E-state index contributed by atoms with van der Waals surface area (Å²) in [5.41, 5.74) is 2.53. The number of nitrogens with zero attached hydrogens (tertiary/aromatic N) is 1. The highest BCUT2D eigenvalue weighted by atomic mass is 19.1. The molecular formula is C12H14FN. The van der Waals surface area contributed by atoms with E-state index in [1.807, 2.05) is 6.07 Å². The highest BCUT2D eigenvalue weighted by molar-refractivity contribution is 5.30. The first-order valence-corrected chi connectivity index (χ1v) is 5.34. The summed E-state index contributed by atoms with van der Waals surface area (Å²) in [5.74, 6) is -0.0939. The van der Waals surface area contributed by atoms with Crippen LogP contribution in [0.4, 0.5) is 4.39 Å². The van der Waals surface area contributed by atoms with Gasteiger partial charge in [0.1, 0.15) is 5.82 Å². The van der Waals surface area contributed by atoms with Crippen molar-refractivity contribution < 1.29 is 4.39 Å². The Morgan fingerprint density at radius 1 is 1.21 bits per heavy atom. The smallest absolute Gasteiger partial charge is 0.123 e. The maximum atomic E-state index is 12.9. The molecule has 2 heteroatoms. The summed E-state index contributed by atoms with van der Waals surface area (Å²) in [6.07, 6.45) is 3.73. The highest BCUT2D eigenvalue weighted by Gasteiger charge is 2.30. The largest absolute Gasteiger partial charge is 0.296 e. The second-order valence-electron chi connectivity index (χ2n) is 4.36. The van der Waals surface area contributed by atoms with Crippen molar-refractivity contribution in [2.24, 2.45) is 0 Å². The lowest BCUT2D eigenvalue weighted by atomic mass is 9.99. The first-order chi connectivity index (χ1) is 6.83. The molecule has 0 N–H and O–H groups in total. The lowest BCUT2D eigenvalue weighted by Gasteiger charge is -2.28. The molecule has 74 valence electrons. The Labute approximate surface area is 83.5 Å². The van der Waals surface area contributed by atoms with E-state index in [-0.39, 0.29) is 5.82 Å². The normalized spacial score (nSPS) is 22.1. The molecule has 1 aliphatic carbocycles. The predicted molar refractivity (Wildman–Crippen MR) is 53.5 cm³/mol. The van der Waals surface area contributed by atoms with Gasteiger partial charge in [0.25, 0.3) is 0 Å². The summed E-state index contributed by atoms with van der Waals surface area (Å²) in [4.78, 5) is 2.53. The van der Waals surface area contributed by atoms with E-state index in [9.17, 15) is 4.39 Å². The van der Waals surface area contributed by atoms with Gasteiger partial charge >= 0.3 is 0 Å². The standard InChI is InChI=1S/C12H14FN/c13-11-2-1-10-8-14(12-3-4-12)6-5-9(10)7-11/h1-2,7,12H,3-6,8H2. The molecule has 3 rings (SSSR count). The molecule has 1 heterocycles. The van der Waals surface area contributed by atoms with Crippen molar-refractivity contribution in [1.82, 2.24) is 4.90 Å². The Morgan fingerprint density at radius 2 is 2.07 bits per heavy atom. The fourth-order valence-corrected chi connectivity index (χ4v) is 2.29. The average Bonchev–Trinajstić information content (AvgIpc) is 3.00. The molecular weight excluding hydrogens is 177 g/mol. The molecule has 1 fully saturated rings. The summed E-state index contributed by atoms with van der Waals surface area (Å²) in [6, 6.07) is 6.04. The third-order valence-electron chi connectivity index (χ3n) is 3.27. The lowest BCUT2D eigenvalue weighted by Crippen LogP contribution is -2.32. The third kappa shape index (κ3) is 1.44. The molecule has 1 aliphatic heterocycles. The minimum atomic E-state index is -0.0939. The first-order valence-electron chi connectivity index (χ1n) is 5.34. The molecule has 0 aromatic heterocycles. The van der Waals surface area contributed by atoms with Crippen LogP contribution in [0.2, 0.25) is 0 Å². The molecule has 0 saturated heterocycles. The van der Waals surface area contributed by atoms with Crippen molar-refractivity contribution in [3.8, 4) is 0 Å².